The van der Waals surface area contributed by atoms with E-state index in [2.05, 4.69) is 6.58 Å². The van der Waals surface area contributed by atoms with Crippen LogP contribution < -0.4 is 0 Å². The van der Waals surface area contributed by atoms with E-state index in [1.165, 1.54) is 38.1 Å². The molecule has 2 rings (SSSR count). The van der Waals surface area contributed by atoms with Crippen LogP contribution in [0.1, 0.15) is 19.4 Å². The largest absolute Gasteiger partial charge is 0.471 e. The number of hydrogen-bond donors (Lipinski definition) is 0. The van der Waals surface area contributed by atoms with Gasteiger partial charge in [0.05, 0.1) is 18.6 Å². The second-order valence-corrected chi connectivity index (χ2v) is 7.08. The summed E-state index contributed by atoms with van der Waals surface area (Å²) in [6.07, 6.45) is -11.3. The summed E-state index contributed by atoms with van der Waals surface area (Å²) in [7, 11) is 0. The Balaban J connectivity index is 2.55. The minimum absolute atomic E-state index is 0.157. The highest BCUT2D eigenvalue weighted by atomic mass is 19.4. The molecule has 0 radical (unpaired) electrons. The van der Waals surface area contributed by atoms with Crippen LogP contribution >= 0.6 is 0 Å². The van der Waals surface area contributed by atoms with Crippen LogP contribution in [0.5, 0.6) is 0 Å². The molecule has 1 aliphatic heterocycles. The van der Waals surface area contributed by atoms with E-state index in [4.69, 9.17) is 9.47 Å². The Morgan fingerprint density at radius 2 is 1.83 bits per heavy atom. The van der Waals surface area contributed by atoms with Crippen LogP contribution in [0.3, 0.4) is 0 Å². The van der Waals surface area contributed by atoms with E-state index in [1.54, 1.807) is 6.07 Å². The van der Waals surface area contributed by atoms with Gasteiger partial charge in [-0.05, 0) is 19.4 Å². The SMILES string of the molecule is C=C[C@@H]([C@H]([C@H]1COC(C)(C)O1)N(Cc1ccccc1)C(=O)C(F)(F)F)C(F)(F)F. The van der Waals surface area contributed by atoms with E-state index in [9.17, 15) is 31.1 Å². The fraction of sp³-hybridized carbons (Fsp3) is 0.526. The molecule has 0 N–H and O–H groups in total. The maximum Gasteiger partial charge on any atom is 0.471 e. The highest BCUT2D eigenvalue weighted by Gasteiger charge is 2.55. The molecule has 29 heavy (non-hydrogen) atoms. The molecule has 1 fully saturated rings. The van der Waals surface area contributed by atoms with Crippen molar-refractivity contribution >= 4 is 5.91 Å². The van der Waals surface area contributed by atoms with Gasteiger partial charge in [-0.1, -0.05) is 36.4 Å². The molecule has 0 bridgehead atoms. The molecule has 0 aromatic heterocycles. The standard InChI is InChI=1S/C19H21F6NO3/c1-4-13(18(20,21)22)15(14-11-28-17(2,3)29-14)26(16(27)19(23,24)25)10-12-8-6-5-7-9-12/h4-9,13-15H,1,10-11H2,2-3H3/t13-,14+,15+/m0/s1. The van der Waals surface area contributed by atoms with Crippen molar-refractivity contribution < 1.29 is 40.6 Å². The van der Waals surface area contributed by atoms with Crippen molar-refractivity contribution in [3.8, 4) is 0 Å². The Kier molecular flexibility index (Phi) is 6.68. The van der Waals surface area contributed by atoms with Gasteiger partial charge in [-0.15, -0.1) is 6.58 Å². The van der Waals surface area contributed by atoms with Gasteiger partial charge in [0.2, 0.25) is 0 Å². The number of benzene rings is 1. The quantitative estimate of drug-likeness (QED) is 0.499. The van der Waals surface area contributed by atoms with Crippen LogP contribution in [-0.2, 0) is 20.8 Å². The Morgan fingerprint density at radius 1 is 1.24 bits per heavy atom. The van der Waals surface area contributed by atoms with Gasteiger partial charge in [0.1, 0.15) is 6.10 Å². The third kappa shape index (κ3) is 5.72. The van der Waals surface area contributed by atoms with Gasteiger partial charge >= 0.3 is 18.3 Å². The van der Waals surface area contributed by atoms with Crippen LogP contribution in [0.4, 0.5) is 26.3 Å². The second-order valence-electron chi connectivity index (χ2n) is 7.08. The molecular formula is C19H21F6NO3. The van der Waals surface area contributed by atoms with E-state index in [1.807, 2.05) is 0 Å². The van der Waals surface area contributed by atoms with E-state index in [-0.39, 0.29) is 10.5 Å². The topological polar surface area (TPSA) is 38.8 Å². The summed E-state index contributed by atoms with van der Waals surface area (Å²) in [6.45, 7) is 4.88. The lowest BCUT2D eigenvalue weighted by atomic mass is 9.92. The van der Waals surface area contributed by atoms with Gasteiger partial charge in [-0.2, -0.15) is 26.3 Å². The lowest BCUT2D eigenvalue weighted by molar-refractivity contribution is -0.215. The van der Waals surface area contributed by atoms with Gasteiger partial charge in [0.25, 0.3) is 0 Å². The van der Waals surface area contributed by atoms with Crippen LogP contribution in [-0.4, -0.2) is 47.7 Å². The fourth-order valence-electron chi connectivity index (χ4n) is 3.23. The summed E-state index contributed by atoms with van der Waals surface area (Å²) in [5, 5.41) is 0. The van der Waals surface area contributed by atoms with Crippen LogP contribution in [0, 0.1) is 5.92 Å². The van der Waals surface area contributed by atoms with Crippen molar-refractivity contribution in [3.63, 3.8) is 0 Å². The number of rotatable bonds is 6. The highest BCUT2D eigenvalue weighted by molar-refractivity contribution is 5.82. The summed E-state index contributed by atoms with van der Waals surface area (Å²) < 4.78 is 91.7. The van der Waals surface area contributed by atoms with Crippen LogP contribution in [0.25, 0.3) is 0 Å². The number of alkyl halides is 6. The molecule has 1 amide bonds. The predicted octanol–water partition coefficient (Wildman–Crippen LogP) is 4.46. The molecule has 10 heteroatoms. The molecule has 0 saturated carbocycles. The Hall–Kier alpha value is -2.07. The summed E-state index contributed by atoms with van der Waals surface area (Å²) >= 11 is 0. The van der Waals surface area contributed by atoms with Gasteiger partial charge in [0.15, 0.2) is 5.79 Å². The van der Waals surface area contributed by atoms with E-state index in [0.717, 1.165) is 0 Å². The lowest BCUT2D eigenvalue weighted by Crippen LogP contribution is -2.57. The minimum Gasteiger partial charge on any atom is -0.348 e. The van der Waals surface area contributed by atoms with Gasteiger partial charge < -0.3 is 14.4 Å². The molecule has 0 spiro atoms. The number of halogens is 6. The molecule has 162 valence electrons. The van der Waals surface area contributed by atoms with E-state index < -0.39 is 55.3 Å². The van der Waals surface area contributed by atoms with Crippen molar-refractivity contribution in [1.82, 2.24) is 4.90 Å². The van der Waals surface area contributed by atoms with Gasteiger partial charge in [-0.25, -0.2) is 0 Å². The molecule has 1 aromatic carbocycles. The van der Waals surface area contributed by atoms with Crippen LogP contribution in [0.15, 0.2) is 43.0 Å². The van der Waals surface area contributed by atoms with Crippen LogP contribution in [0.2, 0.25) is 0 Å². The average molecular weight is 425 g/mol. The molecule has 1 heterocycles. The molecule has 1 saturated heterocycles. The first-order valence-corrected chi connectivity index (χ1v) is 8.69. The third-order valence-corrected chi connectivity index (χ3v) is 4.47. The summed E-state index contributed by atoms with van der Waals surface area (Å²) in [4.78, 5) is 12.3. The lowest BCUT2D eigenvalue weighted by Gasteiger charge is -2.40. The van der Waals surface area contributed by atoms with Gasteiger partial charge in [-0.3, -0.25) is 4.79 Å². The number of hydrogen-bond acceptors (Lipinski definition) is 3. The van der Waals surface area contributed by atoms with Crippen molar-refractivity contribution in [1.29, 1.82) is 0 Å². The molecule has 4 nitrogen and oxygen atoms in total. The second kappa shape index (κ2) is 8.35. The summed E-state index contributed by atoms with van der Waals surface area (Å²) in [6, 6.07) is 5.42. The number of ether oxygens (including phenoxy) is 2. The fourth-order valence-corrected chi connectivity index (χ4v) is 3.23. The number of carbonyl (C=O) groups excluding carboxylic acids is 1. The van der Waals surface area contributed by atoms with E-state index >= 15 is 0 Å². The van der Waals surface area contributed by atoms with E-state index in [0.29, 0.717) is 6.08 Å². The number of amides is 1. The minimum atomic E-state index is -5.38. The zero-order chi connectivity index (χ0) is 22.0. The molecular weight excluding hydrogens is 404 g/mol. The first-order valence-electron chi connectivity index (χ1n) is 8.69. The zero-order valence-electron chi connectivity index (χ0n) is 15.8. The first kappa shape index (κ1) is 23.2. The highest BCUT2D eigenvalue weighted by Crippen LogP contribution is 2.39. The maximum absolute atomic E-state index is 13.7. The predicted molar refractivity (Wildman–Crippen MR) is 91.5 cm³/mol. The smallest absolute Gasteiger partial charge is 0.348 e. The monoisotopic (exact) mass is 425 g/mol. The summed E-state index contributed by atoms with van der Waals surface area (Å²) in [5.41, 5.74) is 0.235. The molecule has 1 aromatic rings. The normalized spacial score (nSPS) is 21.4. The van der Waals surface area contributed by atoms with Crippen molar-refractivity contribution in [3.05, 3.63) is 48.6 Å². The first-order chi connectivity index (χ1) is 13.3. The van der Waals surface area contributed by atoms with Crippen molar-refractivity contribution in [2.75, 3.05) is 6.61 Å². The molecule has 3 atom stereocenters. The van der Waals surface area contributed by atoms with Crippen molar-refractivity contribution in [2.24, 2.45) is 5.92 Å². The molecule has 0 unspecified atom stereocenters. The third-order valence-electron chi connectivity index (χ3n) is 4.47. The number of nitrogens with zero attached hydrogens (tertiary/aromatic N) is 1. The Labute approximate surface area is 164 Å². The maximum atomic E-state index is 13.7. The summed E-state index contributed by atoms with van der Waals surface area (Å²) in [5.74, 6) is -6.16. The molecule has 1 aliphatic rings. The zero-order valence-corrected chi connectivity index (χ0v) is 15.8. The number of carbonyl (C=O) groups is 1. The Morgan fingerprint density at radius 3 is 2.24 bits per heavy atom. The van der Waals surface area contributed by atoms with Crippen molar-refractivity contribution in [2.45, 2.75) is 50.7 Å². The average Bonchev–Trinajstić information content (AvgIpc) is 2.95. The van der Waals surface area contributed by atoms with Gasteiger partial charge in [0, 0.05) is 6.54 Å². The molecule has 0 aliphatic carbocycles. The Bertz CT molecular complexity index is 717.